The van der Waals surface area contributed by atoms with Crippen molar-refractivity contribution in [2.24, 2.45) is 0 Å². The van der Waals surface area contributed by atoms with Crippen LogP contribution < -0.4 is 14.8 Å². The monoisotopic (exact) mass is 400 g/mol. The topological polar surface area (TPSA) is 71.3 Å². The van der Waals surface area contributed by atoms with Crippen molar-refractivity contribution in [2.75, 3.05) is 19.0 Å². The van der Waals surface area contributed by atoms with E-state index in [0.29, 0.717) is 23.8 Å². The lowest BCUT2D eigenvalue weighted by molar-refractivity contribution is -0.112. The minimum atomic E-state index is -0.505. The number of nitriles is 1. The molecule has 0 saturated carbocycles. The van der Waals surface area contributed by atoms with Crippen LogP contribution >= 0.6 is 0 Å². The molecule has 0 unspecified atom stereocenters. The van der Waals surface area contributed by atoms with Crippen molar-refractivity contribution in [3.8, 4) is 17.6 Å². The fraction of sp³-hybridized carbons (Fsp3) is 0.200. The molecule has 152 valence electrons. The zero-order valence-electron chi connectivity index (χ0n) is 17.1. The highest BCUT2D eigenvalue weighted by Gasteiger charge is 2.15. The van der Waals surface area contributed by atoms with Gasteiger partial charge in [-0.25, -0.2) is 0 Å². The van der Waals surface area contributed by atoms with E-state index in [-0.39, 0.29) is 5.57 Å². The number of fused-ring (bicyclic) bond motifs is 1. The lowest BCUT2D eigenvalue weighted by Gasteiger charge is -2.13. The highest BCUT2D eigenvalue weighted by molar-refractivity contribution is 6.11. The van der Waals surface area contributed by atoms with Crippen LogP contribution in [0.2, 0.25) is 0 Å². The average molecular weight is 400 g/mol. The van der Waals surface area contributed by atoms with Crippen LogP contribution in [0.1, 0.15) is 25.3 Å². The molecule has 0 radical (unpaired) electrons. The van der Waals surface area contributed by atoms with E-state index in [4.69, 9.17) is 9.47 Å². The Balaban J connectivity index is 2.00. The number of carbonyl (C=O) groups is 1. The summed E-state index contributed by atoms with van der Waals surface area (Å²) in [7, 11) is 1.53. The van der Waals surface area contributed by atoms with Gasteiger partial charge in [0.05, 0.1) is 19.4 Å². The number of carbonyl (C=O) groups excluding carboxylic acids is 1. The number of hydrogen-bond acceptors (Lipinski definition) is 4. The minimum absolute atomic E-state index is 0.0161. The summed E-state index contributed by atoms with van der Waals surface area (Å²) < 4.78 is 11.2. The van der Waals surface area contributed by atoms with E-state index in [0.717, 1.165) is 29.2 Å². The van der Waals surface area contributed by atoms with Gasteiger partial charge in [0.1, 0.15) is 23.1 Å². The molecule has 1 amide bonds. The van der Waals surface area contributed by atoms with E-state index >= 15 is 0 Å². The number of unbranched alkanes of at least 4 members (excludes halogenated alkanes) is 1. The van der Waals surface area contributed by atoms with Gasteiger partial charge in [-0.05, 0) is 41.5 Å². The third-order valence-corrected chi connectivity index (χ3v) is 4.70. The third kappa shape index (κ3) is 4.79. The van der Waals surface area contributed by atoms with Crippen LogP contribution in [0.25, 0.3) is 16.8 Å². The number of ether oxygens (including phenoxy) is 2. The van der Waals surface area contributed by atoms with Crippen LogP contribution in [0, 0.1) is 11.3 Å². The second kappa shape index (κ2) is 10.1. The average Bonchev–Trinajstić information content (AvgIpc) is 2.78. The molecule has 3 aromatic carbocycles. The van der Waals surface area contributed by atoms with Gasteiger partial charge in [0.15, 0.2) is 0 Å². The predicted octanol–water partition coefficient (Wildman–Crippen LogP) is 5.57. The molecule has 0 aromatic heterocycles. The molecule has 5 heteroatoms. The SMILES string of the molecule is CCCCOc1ccc2ccccc2c1/C=C(/C#N)C(=O)Nc1ccccc1OC. The van der Waals surface area contributed by atoms with Gasteiger partial charge in [-0.1, -0.05) is 55.8 Å². The highest BCUT2D eigenvalue weighted by Crippen LogP contribution is 2.31. The predicted molar refractivity (Wildman–Crippen MR) is 120 cm³/mol. The highest BCUT2D eigenvalue weighted by atomic mass is 16.5. The van der Waals surface area contributed by atoms with Crippen LogP contribution in [0.3, 0.4) is 0 Å². The van der Waals surface area contributed by atoms with Gasteiger partial charge in [0.2, 0.25) is 0 Å². The Hall–Kier alpha value is -3.78. The Morgan fingerprint density at radius 3 is 2.60 bits per heavy atom. The number of nitrogens with zero attached hydrogens (tertiary/aromatic N) is 1. The summed E-state index contributed by atoms with van der Waals surface area (Å²) in [6.07, 6.45) is 3.53. The molecular formula is C25H24N2O3. The number of hydrogen-bond donors (Lipinski definition) is 1. The Kier molecular flexibility index (Phi) is 7.07. The maximum absolute atomic E-state index is 12.8. The zero-order chi connectivity index (χ0) is 21.3. The van der Waals surface area contributed by atoms with Crippen LogP contribution in [0.5, 0.6) is 11.5 Å². The van der Waals surface area contributed by atoms with Gasteiger partial charge >= 0.3 is 0 Å². The zero-order valence-corrected chi connectivity index (χ0v) is 17.1. The first-order chi connectivity index (χ1) is 14.7. The van der Waals surface area contributed by atoms with Gasteiger partial charge in [0, 0.05) is 5.56 Å². The summed E-state index contributed by atoms with van der Waals surface area (Å²) in [5, 5.41) is 14.4. The quantitative estimate of drug-likeness (QED) is 0.305. The molecule has 0 aliphatic carbocycles. The van der Waals surface area contributed by atoms with Gasteiger partial charge in [-0.3, -0.25) is 4.79 Å². The van der Waals surface area contributed by atoms with E-state index in [1.807, 2.05) is 48.5 Å². The fourth-order valence-corrected chi connectivity index (χ4v) is 3.11. The van der Waals surface area contributed by atoms with Crippen LogP contribution in [-0.2, 0) is 4.79 Å². The van der Waals surface area contributed by atoms with Crippen molar-refractivity contribution in [1.29, 1.82) is 5.26 Å². The summed E-state index contributed by atoms with van der Waals surface area (Å²) in [6.45, 7) is 2.67. The molecule has 0 aliphatic heterocycles. The van der Waals surface area contributed by atoms with Crippen molar-refractivity contribution in [2.45, 2.75) is 19.8 Å². The maximum atomic E-state index is 12.8. The Bertz CT molecular complexity index is 1110. The number of benzene rings is 3. The summed E-state index contributed by atoms with van der Waals surface area (Å²) in [5.41, 5.74) is 1.21. The molecule has 0 bridgehead atoms. The number of nitrogens with one attached hydrogen (secondary N) is 1. The molecule has 5 nitrogen and oxygen atoms in total. The number of anilines is 1. The van der Waals surface area contributed by atoms with Gasteiger partial charge in [0.25, 0.3) is 5.91 Å². The lowest BCUT2D eigenvalue weighted by atomic mass is 10.0. The first-order valence-corrected chi connectivity index (χ1v) is 9.88. The summed E-state index contributed by atoms with van der Waals surface area (Å²) in [4.78, 5) is 12.8. The van der Waals surface area contributed by atoms with Gasteiger partial charge in [-0.15, -0.1) is 0 Å². The second-order valence-corrected chi connectivity index (χ2v) is 6.72. The molecule has 30 heavy (non-hydrogen) atoms. The van der Waals surface area contributed by atoms with Crippen LogP contribution in [0.4, 0.5) is 5.69 Å². The molecule has 3 aromatic rings. The molecule has 0 saturated heterocycles. The summed E-state index contributed by atoms with van der Waals surface area (Å²) in [5.74, 6) is 0.673. The number of methoxy groups -OCH3 is 1. The van der Waals surface area contributed by atoms with Crippen molar-refractivity contribution < 1.29 is 14.3 Å². The Morgan fingerprint density at radius 1 is 1.07 bits per heavy atom. The molecule has 0 heterocycles. The summed E-state index contributed by atoms with van der Waals surface area (Å²) >= 11 is 0. The van der Waals surface area contributed by atoms with E-state index < -0.39 is 5.91 Å². The fourth-order valence-electron chi connectivity index (χ4n) is 3.11. The van der Waals surface area contributed by atoms with E-state index in [1.165, 1.54) is 7.11 Å². The van der Waals surface area contributed by atoms with Gasteiger partial charge in [-0.2, -0.15) is 5.26 Å². The Labute approximate surface area is 176 Å². The number of amides is 1. The lowest BCUT2D eigenvalue weighted by Crippen LogP contribution is -2.14. The molecule has 1 N–H and O–H groups in total. The van der Waals surface area contributed by atoms with Crippen LogP contribution in [0.15, 0.2) is 66.2 Å². The van der Waals surface area contributed by atoms with Crippen molar-refractivity contribution in [3.63, 3.8) is 0 Å². The molecule has 0 aliphatic rings. The number of para-hydroxylation sites is 2. The van der Waals surface area contributed by atoms with E-state index in [1.54, 1.807) is 24.3 Å². The first-order valence-electron chi connectivity index (χ1n) is 9.88. The number of rotatable bonds is 8. The van der Waals surface area contributed by atoms with Gasteiger partial charge < -0.3 is 14.8 Å². The van der Waals surface area contributed by atoms with Crippen molar-refractivity contribution >= 4 is 28.4 Å². The normalized spacial score (nSPS) is 11.0. The smallest absolute Gasteiger partial charge is 0.266 e. The standard InChI is InChI=1S/C25H24N2O3/c1-3-4-15-30-23-14-13-18-9-5-6-10-20(18)21(23)16-19(17-26)25(28)27-22-11-7-8-12-24(22)29-2/h5-14,16H,3-4,15H2,1-2H3,(H,27,28)/b19-16-. The Morgan fingerprint density at radius 2 is 1.83 bits per heavy atom. The maximum Gasteiger partial charge on any atom is 0.266 e. The third-order valence-electron chi connectivity index (χ3n) is 4.70. The minimum Gasteiger partial charge on any atom is -0.495 e. The summed E-state index contributed by atoms with van der Waals surface area (Å²) in [6, 6.07) is 20.8. The second-order valence-electron chi connectivity index (χ2n) is 6.72. The van der Waals surface area contributed by atoms with Crippen LogP contribution in [-0.4, -0.2) is 19.6 Å². The molecule has 3 rings (SSSR count). The van der Waals surface area contributed by atoms with E-state index in [2.05, 4.69) is 12.2 Å². The van der Waals surface area contributed by atoms with Crippen molar-refractivity contribution in [3.05, 3.63) is 71.8 Å². The molecule has 0 fully saturated rings. The van der Waals surface area contributed by atoms with E-state index in [9.17, 15) is 10.1 Å². The molecule has 0 atom stereocenters. The molecule has 0 spiro atoms. The molecular weight excluding hydrogens is 376 g/mol. The largest absolute Gasteiger partial charge is 0.495 e. The van der Waals surface area contributed by atoms with Crippen molar-refractivity contribution in [1.82, 2.24) is 0 Å². The first kappa shape index (κ1) is 20.9.